The number of imidazole rings is 3. The van der Waals surface area contributed by atoms with E-state index in [9.17, 15) is 24.0 Å². The molecule has 0 radical (unpaired) electrons. The molecule has 5 aliphatic heterocycles. The molecule has 0 amide bonds. The molecule has 20 aromatic rings. The van der Waals surface area contributed by atoms with Crippen molar-refractivity contribution in [1.29, 1.82) is 0 Å². The summed E-state index contributed by atoms with van der Waals surface area (Å²) in [7, 11) is 2.15. The highest BCUT2D eigenvalue weighted by atomic mass is 16.1. The van der Waals surface area contributed by atoms with Crippen molar-refractivity contribution in [2.24, 2.45) is 0 Å². The zero-order valence-corrected chi connectivity index (χ0v) is 87.6. The van der Waals surface area contributed by atoms with Crippen LogP contribution in [-0.4, -0.2) is 246 Å². The van der Waals surface area contributed by atoms with Crippen LogP contribution in [0.5, 0.6) is 0 Å². The molecule has 5 aliphatic rings. The molecule has 20 aromatic heterocycles. The molecule has 3 atom stereocenters. The third kappa shape index (κ3) is 21.0. The van der Waals surface area contributed by atoms with Crippen LogP contribution in [0.15, 0.2) is 226 Å². The molecular formula is C113H128N32O5. The number of nitrogens with zero attached hydrogens (tertiary/aromatic N) is 28. The van der Waals surface area contributed by atoms with E-state index in [1.807, 2.05) is 186 Å². The van der Waals surface area contributed by atoms with Gasteiger partial charge in [0.1, 0.15) is 56.6 Å². The molecule has 0 unspecified atom stereocenters. The van der Waals surface area contributed by atoms with Gasteiger partial charge in [-0.1, -0.05) is 34.6 Å². The summed E-state index contributed by atoms with van der Waals surface area (Å²) in [6, 6.07) is 39.4. The predicted octanol–water partition coefficient (Wildman–Crippen LogP) is 12.1. The molecule has 5 saturated heterocycles. The van der Waals surface area contributed by atoms with Crippen molar-refractivity contribution in [2.45, 2.75) is 147 Å². The van der Waals surface area contributed by atoms with E-state index in [-0.39, 0.29) is 27.8 Å². The van der Waals surface area contributed by atoms with Crippen LogP contribution in [0, 0.1) is 34.6 Å². The zero-order chi connectivity index (χ0) is 104. The van der Waals surface area contributed by atoms with Crippen LogP contribution < -0.4 is 73.6 Å². The fourth-order valence-electron chi connectivity index (χ4n) is 21.0. The number of aromatic nitrogens is 22. The van der Waals surface area contributed by atoms with Crippen LogP contribution in [0.25, 0.3) is 113 Å². The lowest BCUT2D eigenvalue weighted by atomic mass is 10.1. The minimum absolute atomic E-state index is 0.0676. The number of piperazine rings is 4. The smallest absolute Gasteiger partial charge is 0.258 e. The maximum Gasteiger partial charge on any atom is 0.258 e. The Morgan fingerprint density at radius 2 is 0.587 bits per heavy atom. The van der Waals surface area contributed by atoms with Crippen LogP contribution >= 0.6 is 0 Å². The van der Waals surface area contributed by atoms with Crippen LogP contribution in [0.1, 0.15) is 118 Å². The van der Waals surface area contributed by atoms with Crippen LogP contribution in [-0.2, 0) is 32.1 Å². The minimum Gasteiger partial charge on any atom is -0.369 e. The Morgan fingerprint density at radius 1 is 0.287 bits per heavy atom. The zero-order valence-electron chi connectivity index (χ0n) is 87.6. The lowest BCUT2D eigenvalue weighted by Gasteiger charge is -2.33. The van der Waals surface area contributed by atoms with Gasteiger partial charge < -0.3 is 63.9 Å². The third-order valence-electron chi connectivity index (χ3n) is 28.8. The lowest BCUT2D eigenvalue weighted by Crippen LogP contribution is -2.49. The Labute approximate surface area is 866 Å². The van der Waals surface area contributed by atoms with Crippen molar-refractivity contribution in [3.05, 3.63) is 310 Å². The molecule has 37 nitrogen and oxygen atoms in total. The second-order valence-electron chi connectivity index (χ2n) is 40.0. The summed E-state index contributed by atoms with van der Waals surface area (Å²) in [5.74, 6) is 0. The molecule has 770 valence electrons. The third-order valence-corrected chi connectivity index (χ3v) is 28.8. The summed E-state index contributed by atoms with van der Waals surface area (Å²) in [5.41, 5.74) is 30.4. The molecule has 0 aromatic carbocycles. The van der Waals surface area contributed by atoms with Gasteiger partial charge in [-0.3, -0.25) is 55.9 Å². The van der Waals surface area contributed by atoms with Gasteiger partial charge in [-0.05, 0) is 215 Å². The maximum atomic E-state index is 13.0. The van der Waals surface area contributed by atoms with Gasteiger partial charge in [-0.2, -0.15) is 10.2 Å². The lowest BCUT2D eigenvalue weighted by molar-refractivity contribution is 0.360. The van der Waals surface area contributed by atoms with Crippen molar-refractivity contribution in [3.63, 3.8) is 0 Å². The second kappa shape index (κ2) is 42.6. The largest absolute Gasteiger partial charge is 0.369 e. The standard InChI is InChI=1S/C23H27N7O.2C23H26N6O.C22H25N7O.C22H24N6O/c1-4-18-21-12-20(26-30(21)14-16(2)24-18)19-13-23(31)29-15-17(6-7-22(29)25-19)28-9-5-8-27(3)10-11-28;2*1-4-17-9-18(13-28-12-16(3)25-23(17)28)20-10-22(30)29-14-19(5-6-21(29)26-20)27-8-7-24-15(2)11-27;1-4-17-20-9-19(26-29(20)12-15(3)24-17)18-10-22(30)28-13-16(5-6-21(28)25-18)27-8-7-23-14(2)11-27;1-3-16-10-17(13-27-12-15(2)24-22(16)27)19-11-21(29)28-14-18(4-5-20(28)25-19)26-8-6-23-7-9-26/h6-7,12-15H,4-5,8-11H2,1-3H3;2*5-6,9-10,12-15,24H,4,7-8,11H2,1-3H3;5-6,9-10,12-14,23H,4,7-8,11H2,1-3H3;4-5,10-14,23H,3,6-9H2,1-2H3/t;2*15-;14-;/m.100./s1. The molecule has 25 rings (SSSR count). The van der Waals surface area contributed by atoms with E-state index in [4.69, 9.17) is 24.9 Å². The first kappa shape index (κ1) is 99.9. The summed E-state index contributed by atoms with van der Waals surface area (Å²) < 4.78 is 17.9. The summed E-state index contributed by atoms with van der Waals surface area (Å²) >= 11 is 0. The number of anilines is 5. The Bertz CT molecular complexity index is 8660. The molecule has 25 heterocycles. The molecular weight excluding hydrogens is 1890 g/mol. The molecule has 0 spiro atoms. The Balaban J connectivity index is 0.000000109. The average Bonchev–Trinajstić information content (AvgIpc) is 1.58. The van der Waals surface area contributed by atoms with Crippen molar-refractivity contribution < 1.29 is 0 Å². The van der Waals surface area contributed by atoms with E-state index in [0.29, 0.717) is 86.2 Å². The predicted molar refractivity (Wildman–Crippen MR) is 593 cm³/mol. The highest BCUT2D eigenvalue weighted by Gasteiger charge is 2.26. The van der Waals surface area contributed by atoms with E-state index in [1.165, 1.54) is 0 Å². The number of pyridine rings is 8. The SMILES string of the molecule is CCc1cc(-c2cc(=O)n3cc(N4CCNCC4)ccc3n2)cn2cc(C)nc12.CCc1cc(-c2cc(=O)n3cc(N4CCN[C@@H](C)C4)ccc3n2)cn2cc(C)nc12.CCc1cc(-c2cc(=O)n3cc(N4CCN[C@H](C)C4)ccc3n2)cn2cc(C)nc12.CCc1nc(C)cn2nc(-c3cc(=O)n4cc(N5CCCN(C)CC5)ccc4n3)cc12.CCc1nc(C)cn2nc(-c3cc(=O)n4cc(N5CCN[C@@H](C)C5)ccc4n3)cc12. The average molecular weight is 2010 g/mol. The summed E-state index contributed by atoms with van der Waals surface area (Å²) in [6.07, 6.45) is 30.7. The van der Waals surface area contributed by atoms with Gasteiger partial charge in [0, 0.05) is 238 Å². The molecule has 0 bridgehead atoms. The van der Waals surface area contributed by atoms with Crippen molar-refractivity contribution >= 4 is 84.6 Å². The van der Waals surface area contributed by atoms with Crippen LogP contribution in [0.4, 0.5) is 28.4 Å². The first-order chi connectivity index (χ1) is 72.7. The van der Waals surface area contributed by atoms with Gasteiger partial charge in [0.2, 0.25) is 0 Å². The molecule has 0 aliphatic carbocycles. The van der Waals surface area contributed by atoms with Gasteiger partial charge in [-0.25, -0.2) is 48.9 Å². The van der Waals surface area contributed by atoms with Gasteiger partial charge in [-0.15, -0.1) is 0 Å². The van der Waals surface area contributed by atoms with E-state index >= 15 is 0 Å². The van der Waals surface area contributed by atoms with Crippen molar-refractivity contribution in [2.75, 3.05) is 143 Å². The fourth-order valence-corrected chi connectivity index (χ4v) is 21.0. The first-order valence-electron chi connectivity index (χ1n) is 52.4. The van der Waals surface area contributed by atoms with Gasteiger partial charge >= 0.3 is 0 Å². The van der Waals surface area contributed by atoms with Gasteiger partial charge in [0.05, 0.1) is 120 Å². The molecule has 4 N–H and O–H groups in total. The van der Waals surface area contributed by atoms with Crippen molar-refractivity contribution in [3.8, 4) is 56.5 Å². The summed E-state index contributed by atoms with van der Waals surface area (Å²) in [4.78, 5) is 125. The topological polar surface area (TPSA) is 352 Å². The fraction of sp³-hybridized carbons (Fsp3) is 0.354. The number of hydrogen-bond acceptors (Lipinski definition) is 27. The van der Waals surface area contributed by atoms with Gasteiger partial charge in [0.25, 0.3) is 27.8 Å². The monoisotopic (exact) mass is 2010 g/mol. The van der Waals surface area contributed by atoms with E-state index in [2.05, 4.69) is 191 Å². The number of likely N-dealkylation sites (N-methyl/N-ethyl adjacent to an activating group) is 1. The quantitative estimate of drug-likeness (QED) is 0.0740. The Hall–Kier alpha value is -16.1. The molecule has 0 saturated carbocycles. The number of hydrogen-bond donors (Lipinski definition) is 4. The van der Waals surface area contributed by atoms with Crippen LogP contribution in [0.3, 0.4) is 0 Å². The van der Waals surface area contributed by atoms with Gasteiger partial charge in [0.15, 0.2) is 0 Å². The number of rotatable bonds is 15. The summed E-state index contributed by atoms with van der Waals surface area (Å²) in [6.45, 7) is 43.2. The summed E-state index contributed by atoms with van der Waals surface area (Å²) in [5, 5.41) is 23.0. The normalized spacial score (nSPS) is 16.4. The number of aryl methyl sites for hydroxylation is 10. The Kier molecular flexibility index (Phi) is 28.4. The molecule has 150 heavy (non-hydrogen) atoms. The van der Waals surface area contributed by atoms with E-state index < -0.39 is 0 Å². The van der Waals surface area contributed by atoms with E-state index in [0.717, 1.165) is 279 Å². The van der Waals surface area contributed by atoms with Crippen molar-refractivity contribution in [1.82, 2.24) is 130 Å². The highest BCUT2D eigenvalue weighted by molar-refractivity contribution is 5.73. The first-order valence-corrected chi connectivity index (χ1v) is 52.4. The molecule has 37 heteroatoms. The maximum absolute atomic E-state index is 13.0. The Morgan fingerprint density at radius 3 is 0.907 bits per heavy atom. The highest BCUT2D eigenvalue weighted by Crippen LogP contribution is 2.32. The van der Waals surface area contributed by atoms with Crippen LogP contribution in [0.2, 0.25) is 0 Å². The van der Waals surface area contributed by atoms with E-state index in [1.54, 1.807) is 52.3 Å². The molecule has 5 fully saturated rings. The second-order valence-corrected chi connectivity index (χ2v) is 40.0. The minimum atomic E-state index is -0.109. The number of fused-ring (bicyclic) bond motifs is 10. The number of nitrogens with one attached hydrogen (secondary N) is 4.